The Morgan fingerprint density at radius 1 is 1.14 bits per heavy atom. The van der Waals surface area contributed by atoms with Gasteiger partial charge in [-0.05, 0) is 50.5 Å². The molecule has 0 bridgehead atoms. The number of carbonyl (C=O) groups is 1. The Morgan fingerprint density at radius 3 is 2.45 bits per heavy atom. The molecular weight excluding hydrogens is 302 g/mol. The first-order chi connectivity index (χ1) is 10.4. The summed E-state index contributed by atoms with van der Waals surface area (Å²) in [7, 11) is -3.55. The van der Waals surface area contributed by atoms with Gasteiger partial charge in [0.1, 0.15) is 5.75 Å². The topological polar surface area (TPSA) is 87.3 Å². The predicted molar refractivity (Wildman–Crippen MR) is 86.9 cm³/mol. The summed E-state index contributed by atoms with van der Waals surface area (Å²) >= 11 is 0. The van der Waals surface area contributed by atoms with Crippen molar-refractivity contribution in [2.75, 3.05) is 18.8 Å². The van der Waals surface area contributed by atoms with E-state index >= 15 is 0 Å². The lowest BCUT2D eigenvalue weighted by atomic mass is 9.88. The van der Waals surface area contributed by atoms with Gasteiger partial charge in [0.2, 0.25) is 15.9 Å². The molecule has 1 amide bonds. The summed E-state index contributed by atoms with van der Waals surface area (Å²) in [5, 5.41) is 6.07. The Labute approximate surface area is 133 Å². The molecule has 2 aliphatic rings. The molecule has 0 radical (unpaired) electrons. The van der Waals surface area contributed by atoms with Crippen molar-refractivity contribution in [1.29, 1.82) is 0 Å². The van der Waals surface area contributed by atoms with Gasteiger partial charge in [0.15, 0.2) is 0 Å². The van der Waals surface area contributed by atoms with Gasteiger partial charge in [-0.3, -0.25) is 4.79 Å². The normalized spacial score (nSPS) is 33.4. The van der Waals surface area contributed by atoms with Gasteiger partial charge in [0.25, 0.3) is 0 Å². The second kappa shape index (κ2) is 7.75. The lowest BCUT2D eigenvalue weighted by molar-refractivity contribution is -0.119. The molecule has 1 heterocycles. The average Bonchev–Trinajstić information content (AvgIpc) is 2.43. The van der Waals surface area contributed by atoms with Crippen LogP contribution < -0.4 is 15.4 Å². The molecule has 3 N–H and O–H groups in total. The van der Waals surface area contributed by atoms with Gasteiger partial charge in [0, 0.05) is 18.6 Å². The molecule has 0 spiro atoms. The summed E-state index contributed by atoms with van der Waals surface area (Å²) in [6.45, 7) is 5.94. The van der Waals surface area contributed by atoms with E-state index in [1.54, 1.807) is 0 Å². The first-order valence-corrected chi connectivity index (χ1v) is 10.0. The highest BCUT2D eigenvalue weighted by Gasteiger charge is 2.27. The van der Waals surface area contributed by atoms with Crippen LogP contribution in [0.4, 0.5) is 0 Å². The van der Waals surface area contributed by atoms with E-state index in [0.717, 1.165) is 38.6 Å². The average molecular weight is 331 g/mol. The second-order valence-electron chi connectivity index (χ2n) is 6.98. The largest absolute Gasteiger partial charge is 0.351 e. The van der Waals surface area contributed by atoms with Crippen LogP contribution in [0.3, 0.4) is 0 Å². The van der Waals surface area contributed by atoms with E-state index in [9.17, 15) is 13.2 Å². The van der Waals surface area contributed by atoms with E-state index in [0.29, 0.717) is 18.4 Å². The fraction of sp³-hybridized carbons (Fsp3) is 0.933. The van der Waals surface area contributed by atoms with Gasteiger partial charge in [-0.2, -0.15) is 0 Å². The van der Waals surface area contributed by atoms with E-state index in [4.69, 9.17) is 0 Å². The Morgan fingerprint density at radius 2 is 1.82 bits per heavy atom. The fourth-order valence-electron chi connectivity index (χ4n) is 3.28. The van der Waals surface area contributed by atoms with Crippen molar-refractivity contribution in [3.05, 3.63) is 0 Å². The molecule has 1 aliphatic carbocycles. The van der Waals surface area contributed by atoms with Crippen LogP contribution in [0.5, 0.6) is 0 Å². The quantitative estimate of drug-likeness (QED) is 0.688. The molecule has 2 unspecified atom stereocenters. The van der Waals surface area contributed by atoms with E-state index < -0.39 is 21.7 Å². The smallest absolute Gasteiger partial charge is 0.236 e. The summed E-state index contributed by atoms with van der Waals surface area (Å²) in [6.07, 6.45) is 4.82. The van der Waals surface area contributed by atoms with Crippen LogP contribution in [-0.4, -0.2) is 45.3 Å². The van der Waals surface area contributed by atoms with Crippen LogP contribution in [-0.2, 0) is 14.8 Å². The highest BCUT2D eigenvalue weighted by molar-refractivity contribution is 7.90. The Kier molecular flexibility index (Phi) is 6.23. The number of piperidine rings is 1. The zero-order valence-electron chi connectivity index (χ0n) is 13.6. The van der Waals surface area contributed by atoms with E-state index in [1.165, 1.54) is 0 Å². The van der Waals surface area contributed by atoms with Crippen LogP contribution in [0.1, 0.15) is 46.0 Å². The summed E-state index contributed by atoms with van der Waals surface area (Å²) in [5.41, 5.74) is 0. The first-order valence-electron chi connectivity index (χ1n) is 8.36. The maximum absolute atomic E-state index is 12.1. The minimum Gasteiger partial charge on any atom is -0.351 e. The Hall–Kier alpha value is -0.660. The van der Waals surface area contributed by atoms with Crippen LogP contribution >= 0.6 is 0 Å². The lowest BCUT2D eigenvalue weighted by Crippen LogP contribution is -2.52. The van der Waals surface area contributed by atoms with Gasteiger partial charge in [-0.15, -0.1) is 0 Å². The van der Waals surface area contributed by atoms with Crippen LogP contribution in [0.25, 0.3) is 0 Å². The number of nitrogens with one attached hydrogen (secondary N) is 3. The molecule has 0 aromatic heterocycles. The van der Waals surface area contributed by atoms with Crippen LogP contribution in [0.15, 0.2) is 0 Å². The van der Waals surface area contributed by atoms with E-state index in [2.05, 4.69) is 29.2 Å². The minimum absolute atomic E-state index is 0.00993. The molecule has 7 heteroatoms. The molecule has 1 aliphatic heterocycles. The second-order valence-corrected chi connectivity index (χ2v) is 8.73. The minimum atomic E-state index is -3.55. The third-order valence-electron chi connectivity index (χ3n) is 4.86. The SMILES string of the molecule is CC1CCC(NS(=O)(=O)CC(=O)NC2CNCCC2C)CC1. The molecule has 2 atom stereocenters. The van der Waals surface area contributed by atoms with Crippen molar-refractivity contribution in [3.63, 3.8) is 0 Å². The standard InChI is InChI=1S/C15H29N3O3S/c1-11-3-5-13(6-4-11)18-22(20,21)10-15(19)17-14-9-16-8-7-12(14)2/h11-14,16,18H,3-10H2,1-2H3,(H,17,19). The third-order valence-corrected chi connectivity index (χ3v) is 6.19. The van der Waals surface area contributed by atoms with Crippen molar-refractivity contribution in [1.82, 2.24) is 15.4 Å². The van der Waals surface area contributed by atoms with Gasteiger partial charge in [0.05, 0.1) is 0 Å². The molecule has 128 valence electrons. The molecule has 2 rings (SSSR count). The highest BCUT2D eigenvalue weighted by Crippen LogP contribution is 2.23. The van der Waals surface area contributed by atoms with Gasteiger partial charge >= 0.3 is 0 Å². The molecule has 1 saturated heterocycles. The van der Waals surface area contributed by atoms with Crippen LogP contribution in [0.2, 0.25) is 0 Å². The zero-order chi connectivity index (χ0) is 16.2. The maximum Gasteiger partial charge on any atom is 0.236 e. The highest BCUT2D eigenvalue weighted by atomic mass is 32.2. The van der Waals surface area contributed by atoms with E-state index in [1.807, 2.05) is 0 Å². The van der Waals surface area contributed by atoms with Crippen molar-refractivity contribution < 1.29 is 13.2 Å². The van der Waals surface area contributed by atoms with Crippen molar-refractivity contribution in [2.24, 2.45) is 11.8 Å². The number of carbonyl (C=O) groups excluding carboxylic acids is 1. The van der Waals surface area contributed by atoms with Crippen molar-refractivity contribution in [3.8, 4) is 0 Å². The summed E-state index contributed by atoms with van der Waals surface area (Å²) in [4.78, 5) is 12.0. The van der Waals surface area contributed by atoms with Gasteiger partial charge < -0.3 is 10.6 Å². The lowest BCUT2D eigenvalue weighted by Gasteiger charge is -2.30. The summed E-state index contributed by atoms with van der Waals surface area (Å²) < 4.78 is 26.9. The van der Waals surface area contributed by atoms with Gasteiger partial charge in [-0.1, -0.05) is 13.8 Å². The number of hydrogen-bond acceptors (Lipinski definition) is 4. The molecular formula is C15H29N3O3S. The monoisotopic (exact) mass is 331 g/mol. The third kappa shape index (κ3) is 5.52. The number of hydrogen-bond donors (Lipinski definition) is 3. The number of amides is 1. The maximum atomic E-state index is 12.1. The summed E-state index contributed by atoms with van der Waals surface area (Å²) in [5.74, 6) is 0.171. The van der Waals surface area contributed by atoms with Crippen molar-refractivity contribution in [2.45, 2.75) is 58.0 Å². The fourth-order valence-corrected chi connectivity index (χ4v) is 4.53. The molecule has 0 aromatic carbocycles. The zero-order valence-corrected chi connectivity index (χ0v) is 14.4. The molecule has 22 heavy (non-hydrogen) atoms. The molecule has 6 nitrogen and oxygen atoms in total. The number of sulfonamides is 1. The summed E-state index contributed by atoms with van der Waals surface area (Å²) in [6, 6.07) is 0.0104. The van der Waals surface area contributed by atoms with Gasteiger partial charge in [-0.25, -0.2) is 13.1 Å². The first kappa shape index (κ1) is 17.7. The molecule has 0 aromatic rings. The Balaban J connectivity index is 1.79. The molecule has 2 fully saturated rings. The van der Waals surface area contributed by atoms with Crippen LogP contribution in [0, 0.1) is 11.8 Å². The predicted octanol–water partition coefficient (Wildman–Crippen LogP) is 0.599. The Bertz CT molecular complexity index is 472. The number of rotatable bonds is 5. The molecule has 1 saturated carbocycles. The van der Waals surface area contributed by atoms with E-state index in [-0.39, 0.29) is 12.1 Å². The van der Waals surface area contributed by atoms with Crippen molar-refractivity contribution >= 4 is 15.9 Å².